The number of nitrogens with one attached hydrogen (secondary N) is 1. The molecule has 0 radical (unpaired) electrons. The molecule has 2 unspecified atom stereocenters. The summed E-state index contributed by atoms with van der Waals surface area (Å²) in [5, 5.41) is 14.7. The Morgan fingerprint density at radius 3 is 2.95 bits per heavy atom. The van der Waals surface area contributed by atoms with Gasteiger partial charge in [-0.25, -0.2) is 0 Å². The Hall–Kier alpha value is -0.900. The summed E-state index contributed by atoms with van der Waals surface area (Å²) in [6.07, 6.45) is 4.63. The van der Waals surface area contributed by atoms with Crippen LogP contribution in [-0.2, 0) is 6.42 Å². The van der Waals surface area contributed by atoms with Crippen LogP contribution in [0.2, 0.25) is 0 Å². The second-order valence-corrected chi connectivity index (χ2v) is 6.39. The zero-order chi connectivity index (χ0) is 12.9. The lowest BCUT2D eigenvalue weighted by atomic mass is 9.82. The van der Waals surface area contributed by atoms with E-state index in [0.717, 1.165) is 38.5 Å². The van der Waals surface area contributed by atoms with Gasteiger partial charge < -0.3 is 10.4 Å². The Morgan fingerprint density at radius 2 is 2.11 bits per heavy atom. The molecule has 1 saturated heterocycles. The van der Waals surface area contributed by atoms with E-state index in [-0.39, 0.29) is 6.04 Å². The molecule has 1 aromatic rings. The summed E-state index contributed by atoms with van der Waals surface area (Å²) in [5.41, 5.74) is 2.14. The van der Waals surface area contributed by atoms with E-state index in [1.807, 2.05) is 0 Å². The van der Waals surface area contributed by atoms with Crippen molar-refractivity contribution in [2.24, 2.45) is 0 Å². The summed E-state index contributed by atoms with van der Waals surface area (Å²) in [5.74, 6) is 0. The summed E-state index contributed by atoms with van der Waals surface area (Å²) in [4.78, 5) is 2.49. The third kappa shape index (κ3) is 2.00. The van der Waals surface area contributed by atoms with E-state index in [4.69, 9.17) is 0 Å². The zero-order valence-electron chi connectivity index (χ0n) is 11.3. The second kappa shape index (κ2) is 4.30. The standard InChI is InChI=1S/C16H22N2O/c19-16(8-10-18(11-16)13-5-6-13)15-14-4-2-1-3-12(14)7-9-17-15/h1-4,13,15,17,19H,5-11H2. The molecule has 3 nitrogen and oxygen atoms in total. The van der Waals surface area contributed by atoms with E-state index >= 15 is 0 Å². The van der Waals surface area contributed by atoms with Crippen LogP contribution in [0.4, 0.5) is 0 Å². The van der Waals surface area contributed by atoms with Crippen molar-refractivity contribution < 1.29 is 5.11 Å². The lowest BCUT2D eigenvalue weighted by molar-refractivity contribution is 0.00689. The zero-order valence-corrected chi connectivity index (χ0v) is 11.3. The van der Waals surface area contributed by atoms with Crippen molar-refractivity contribution in [3.8, 4) is 0 Å². The van der Waals surface area contributed by atoms with E-state index in [2.05, 4.69) is 34.5 Å². The fourth-order valence-electron chi connectivity index (χ4n) is 3.82. The van der Waals surface area contributed by atoms with Crippen LogP contribution >= 0.6 is 0 Å². The summed E-state index contributed by atoms with van der Waals surface area (Å²) in [6, 6.07) is 9.46. The Balaban J connectivity index is 1.62. The summed E-state index contributed by atoms with van der Waals surface area (Å²) in [7, 11) is 0. The molecule has 2 fully saturated rings. The van der Waals surface area contributed by atoms with Crippen LogP contribution in [0.15, 0.2) is 24.3 Å². The smallest absolute Gasteiger partial charge is 0.0979 e. The van der Waals surface area contributed by atoms with Crippen LogP contribution in [0, 0.1) is 0 Å². The molecule has 2 heterocycles. The summed E-state index contributed by atoms with van der Waals surface area (Å²) >= 11 is 0. The predicted octanol–water partition coefficient (Wildman–Crippen LogP) is 1.47. The average molecular weight is 258 g/mol. The average Bonchev–Trinajstić information content (AvgIpc) is 3.22. The van der Waals surface area contributed by atoms with E-state index in [9.17, 15) is 5.11 Å². The van der Waals surface area contributed by atoms with Gasteiger partial charge in [-0.3, -0.25) is 4.90 Å². The van der Waals surface area contributed by atoms with Gasteiger partial charge in [0.05, 0.1) is 11.6 Å². The number of fused-ring (bicyclic) bond motifs is 1. The Labute approximate surface area is 114 Å². The minimum atomic E-state index is -0.584. The minimum Gasteiger partial charge on any atom is -0.387 e. The highest BCUT2D eigenvalue weighted by atomic mass is 16.3. The van der Waals surface area contributed by atoms with E-state index in [0.29, 0.717) is 0 Å². The van der Waals surface area contributed by atoms with Crippen LogP contribution in [0.3, 0.4) is 0 Å². The van der Waals surface area contributed by atoms with Crippen molar-refractivity contribution in [1.29, 1.82) is 0 Å². The van der Waals surface area contributed by atoms with Crippen LogP contribution in [-0.4, -0.2) is 41.3 Å². The van der Waals surface area contributed by atoms with Crippen LogP contribution in [0.25, 0.3) is 0 Å². The Kier molecular flexibility index (Phi) is 2.69. The van der Waals surface area contributed by atoms with Crippen LogP contribution in [0.5, 0.6) is 0 Å². The van der Waals surface area contributed by atoms with Gasteiger partial charge in [0.2, 0.25) is 0 Å². The number of hydrogen-bond donors (Lipinski definition) is 2. The molecule has 19 heavy (non-hydrogen) atoms. The third-order valence-corrected chi connectivity index (χ3v) is 5.02. The van der Waals surface area contributed by atoms with E-state index in [1.165, 1.54) is 24.0 Å². The van der Waals surface area contributed by atoms with Gasteiger partial charge >= 0.3 is 0 Å². The maximum atomic E-state index is 11.1. The first kappa shape index (κ1) is 11.9. The Bertz CT molecular complexity index is 485. The molecule has 1 aliphatic carbocycles. The molecule has 0 aromatic heterocycles. The summed E-state index contributed by atoms with van der Waals surface area (Å²) < 4.78 is 0. The van der Waals surface area contributed by atoms with E-state index in [1.54, 1.807) is 0 Å². The number of benzene rings is 1. The van der Waals surface area contributed by atoms with Crippen LogP contribution in [0.1, 0.15) is 36.4 Å². The summed E-state index contributed by atoms with van der Waals surface area (Å²) in [6.45, 7) is 2.87. The molecule has 2 aliphatic heterocycles. The number of rotatable bonds is 2. The molecule has 0 amide bonds. The molecule has 2 atom stereocenters. The molecule has 2 N–H and O–H groups in total. The lowest BCUT2D eigenvalue weighted by Gasteiger charge is -2.38. The molecular weight excluding hydrogens is 236 g/mol. The van der Waals surface area contributed by atoms with Gasteiger partial charge in [0.25, 0.3) is 0 Å². The quantitative estimate of drug-likeness (QED) is 0.843. The van der Waals surface area contributed by atoms with Crippen LogP contribution < -0.4 is 5.32 Å². The van der Waals surface area contributed by atoms with Crippen molar-refractivity contribution in [2.75, 3.05) is 19.6 Å². The second-order valence-electron chi connectivity index (χ2n) is 6.39. The van der Waals surface area contributed by atoms with Gasteiger partial charge in [-0.05, 0) is 43.4 Å². The van der Waals surface area contributed by atoms with Crippen molar-refractivity contribution in [2.45, 2.75) is 43.4 Å². The number of likely N-dealkylation sites (tertiary alicyclic amines) is 1. The molecule has 1 saturated carbocycles. The molecule has 0 bridgehead atoms. The van der Waals surface area contributed by atoms with Crippen molar-refractivity contribution in [3.63, 3.8) is 0 Å². The third-order valence-electron chi connectivity index (χ3n) is 5.02. The lowest BCUT2D eigenvalue weighted by Crippen LogP contribution is -2.49. The minimum absolute atomic E-state index is 0.112. The monoisotopic (exact) mass is 258 g/mol. The van der Waals surface area contributed by atoms with Crippen molar-refractivity contribution >= 4 is 0 Å². The number of aliphatic hydroxyl groups is 1. The Morgan fingerprint density at radius 1 is 1.26 bits per heavy atom. The first-order valence-corrected chi connectivity index (χ1v) is 7.54. The normalized spacial score (nSPS) is 35.3. The first-order chi connectivity index (χ1) is 9.26. The molecule has 0 spiro atoms. The van der Waals surface area contributed by atoms with Gasteiger partial charge in [0.1, 0.15) is 0 Å². The molecule has 3 heteroatoms. The first-order valence-electron chi connectivity index (χ1n) is 7.54. The van der Waals surface area contributed by atoms with Crippen molar-refractivity contribution in [1.82, 2.24) is 10.2 Å². The van der Waals surface area contributed by atoms with Gasteiger partial charge in [0, 0.05) is 19.1 Å². The largest absolute Gasteiger partial charge is 0.387 e. The number of β-amino-alcohol motifs (C(OH)–C–C–N with tert-alkyl or cyclic N) is 1. The number of hydrogen-bond acceptors (Lipinski definition) is 3. The maximum absolute atomic E-state index is 11.1. The highest BCUT2D eigenvalue weighted by molar-refractivity contribution is 5.35. The highest BCUT2D eigenvalue weighted by Crippen LogP contribution is 2.41. The SMILES string of the molecule is OC1(C2NCCc3ccccc32)CCN(C2CC2)C1. The van der Waals surface area contributed by atoms with Gasteiger partial charge in [-0.15, -0.1) is 0 Å². The van der Waals surface area contributed by atoms with Gasteiger partial charge in [-0.2, -0.15) is 0 Å². The molecule has 102 valence electrons. The molecular formula is C16H22N2O. The van der Waals surface area contributed by atoms with Gasteiger partial charge in [-0.1, -0.05) is 24.3 Å². The molecule has 3 aliphatic rings. The van der Waals surface area contributed by atoms with Gasteiger partial charge in [0.15, 0.2) is 0 Å². The van der Waals surface area contributed by atoms with Crippen molar-refractivity contribution in [3.05, 3.63) is 35.4 Å². The maximum Gasteiger partial charge on any atom is 0.0979 e. The molecule has 1 aromatic carbocycles. The highest BCUT2D eigenvalue weighted by Gasteiger charge is 2.47. The fraction of sp³-hybridized carbons (Fsp3) is 0.625. The number of nitrogens with zero attached hydrogens (tertiary/aromatic N) is 1. The predicted molar refractivity (Wildman–Crippen MR) is 75.1 cm³/mol. The fourth-order valence-corrected chi connectivity index (χ4v) is 3.82. The topological polar surface area (TPSA) is 35.5 Å². The van der Waals surface area contributed by atoms with E-state index < -0.39 is 5.60 Å². The molecule has 4 rings (SSSR count).